The predicted octanol–water partition coefficient (Wildman–Crippen LogP) is 1.62. The highest BCUT2D eigenvalue weighted by Gasteiger charge is 2.21. The number of sulfonamides is 1. The van der Waals surface area contributed by atoms with Crippen molar-refractivity contribution < 1.29 is 8.42 Å². The molecule has 0 aliphatic carbocycles. The molecule has 0 bridgehead atoms. The van der Waals surface area contributed by atoms with E-state index in [1.807, 2.05) is 26.2 Å². The van der Waals surface area contributed by atoms with E-state index in [0.717, 1.165) is 10.7 Å². The summed E-state index contributed by atoms with van der Waals surface area (Å²) in [6.45, 7) is 6.00. The molecule has 0 spiro atoms. The van der Waals surface area contributed by atoms with Gasteiger partial charge in [-0.25, -0.2) is 13.4 Å². The predicted molar refractivity (Wildman–Crippen MR) is 62.4 cm³/mol. The van der Waals surface area contributed by atoms with Gasteiger partial charge >= 0.3 is 0 Å². The zero-order valence-corrected chi connectivity index (χ0v) is 11.0. The Morgan fingerprint density at radius 1 is 1.53 bits per heavy atom. The van der Waals surface area contributed by atoms with Gasteiger partial charge in [0.15, 0.2) is 0 Å². The van der Waals surface area contributed by atoms with E-state index in [9.17, 15) is 8.42 Å². The second-order valence-electron chi connectivity index (χ2n) is 3.78. The Morgan fingerprint density at radius 2 is 2.13 bits per heavy atom. The number of aromatic nitrogens is 1. The minimum atomic E-state index is -3.15. The largest absolute Gasteiger partial charge is 0.245 e. The molecule has 0 atom stereocenters. The molecule has 0 aliphatic rings. The molecule has 1 aromatic heterocycles. The van der Waals surface area contributed by atoms with Crippen molar-refractivity contribution in [2.75, 3.05) is 6.26 Å². The summed E-state index contributed by atoms with van der Waals surface area (Å²) in [5.74, 6) is 0. The molecule has 0 radical (unpaired) electrons. The van der Waals surface area contributed by atoms with Crippen molar-refractivity contribution >= 4 is 21.4 Å². The van der Waals surface area contributed by atoms with Crippen molar-refractivity contribution in [2.45, 2.75) is 33.4 Å². The molecule has 1 heterocycles. The van der Waals surface area contributed by atoms with Crippen LogP contribution in [0.1, 0.15) is 24.5 Å². The van der Waals surface area contributed by atoms with Gasteiger partial charge in [0.25, 0.3) is 0 Å². The van der Waals surface area contributed by atoms with Crippen LogP contribution in [-0.4, -0.2) is 30.0 Å². The average Bonchev–Trinajstić information content (AvgIpc) is 2.44. The third-order valence-corrected chi connectivity index (χ3v) is 4.31. The number of thiazole rings is 1. The number of hydrogen-bond donors (Lipinski definition) is 0. The summed E-state index contributed by atoms with van der Waals surface area (Å²) < 4.78 is 24.4. The zero-order chi connectivity index (χ0) is 11.6. The van der Waals surface area contributed by atoms with Crippen LogP contribution < -0.4 is 0 Å². The van der Waals surface area contributed by atoms with Gasteiger partial charge in [-0.05, 0) is 20.8 Å². The summed E-state index contributed by atoms with van der Waals surface area (Å²) in [5, 5.41) is 2.77. The van der Waals surface area contributed by atoms with Crippen molar-refractivity contribution in [1.82, 2.24) is 9.29 Å². The first-order chi connectivity index (χ1) is 6.80. The van der Waals surface area contributed by atoms with Gasteiger partial charge in [0, 0.05) is 17.1 Å². The van der Waals surface area contributed by atoms with E-state index >= 15 is 0 Å². The lowest BCUT2D eigenvalue weighted by molar-refractivity contribution is 0.350. The molecule has 1 aromatic rings. The summed E-state index contributed by atoms with van der Waals surface area (Å²) in [4.78, 5) is 4.26. The summed E-state index contributed by atoms with van der Waals surface area (Å²) in [5.41, 5.74) is 0.937. The van der Waals surface area contributed by atoms with Crippen LogP contribution in [0.2, 0.25) is 0 Å². The zero-order valence-electron chi connectivity index (χ0n) is 9.39. The highest BCUT2D eigenvalue weighted by atomic mass is 32.2. The quantitative estimate of drug-likeness (QED) is 0.813. The first-order valence-electron chi connectivity index (χ1n) is 4.68. The highest BCUT2D eigenvalue weighted by Crippen LogP contribution is 2.15. The second-order valence-corrected chi connectivity index (χ2v) is 6.66. The van der Waals surface area contributed by atoms with Gasteiger partial charge in [-0.1, -0.05) is 0 Å². The number of rotatable bonds is 4. The monoisotopic (exact) mass is 248 g/mol. The van der Waals surface area contributed by atoms with Gasteiger partial charge in [-0.3, -0.25) is 0 Å². The molecule has 0 amide bonds. The Hall–Kier alpha value is -0.460. The second kappa shape index (κ2) is 4.59. The first kappa shape index (κ1) is 12.6. The van der Waals surface area contributed by atoms with Gasteiger partial charge < -0.3 is 0 Å². The molecule has 15 heavy (non-hydrogen) atoms. The van der Waals surface area contributed by atoms with Crippen LogP contribution in [0.4, 0.5) is 0 Å². The molecular weight excluding hydrogens is 232 g/mol. The Labute approximate surface area is 95.0 Å². The average molecular weight is 248 g/mol. The van der Waals surface area contributed by atoms with Gasteiger partial charge in [0.1, 0.15) is 5.01 Å². The molecule has 1 rings (SSSR count). The summed E-state index contributed by atoms with van der Waals surface area (Å²) in [6, 6.07) is -0.0378. The highest BCUT2D eigenvalue weighted by molar-refractivity contribution is 7.88. The normalized spacial score (nSPS) is 12.7. The van der Waals surface area contributed by atoms with Crippen LogP contribution in [-0.2, 0) is 16.6 Å². The third kappa shape index (κ3) is 3.55. The summed E-state index contributed by atoms with van der Waals surface area (Å²) in [7, 11) is -3.15. The summed E-state index contributed by atoms with van der Waals surface area (Å²) >= 11 is 1.49. The van der Waals surface area contributed by atoms with E-state index in [1.165, 1.54) is 21.9 Å². The fraction of sp³-hybridized carbons (Fsp3) is 0.667. The third-order valence-electron chi connectivity index (χ3n) is 1.96. The van der Waals surface area contributed by atoms with Crippen molar-refractivity contribution in [3.63, 3.8) is 0 Å². The fourth-order valence-corrected chi connectivity index (χ4v) is 3.27. The number of hydrogen-bond acceptors (Lipinski definition) is 4. The topological polar surface area (TPSA) is 50.3 Å². The SMILES string of the molecule is Cc1csc(CN(C(C)C)S(C)(=O)=O)n1. The maximum absolute atomic E-state index is 11.5. The minimum Gasteiger partial charge on any atom is -0.245 e. The molecular formula is C9H16N2O2S2. The van der Waals surface area contributed by atoms with Crippen LogP contribution in [0, 0.1) is 6.92 Å². The van der Waals surface area contributed by atoms with Gasteiger partial charge in [-0.2, -0.15) is 4.31 Å². The van der Waals surface area contributed by atoms with Crippen LogP contribution >= 0.6 is 11.3 Å². The van der Waals surface area contributed by atoms with Crippen molar-refractivity contribution in [3.8, 4) is 0 Å². The molecule has 0 unspecified atom stereocenters. The van der Waals surface area contributed by atoms with E-state index in [0.29, 0.717) is 6.54 Å². The van der Waals surface area contributed by atoms with Gasteiger partial charge in [0.2, 0.25) is 10.0 Å². The Kier molecular flexibility index (Phi) is 3.86. The van der Waals surface area contributed by atoms with Gasteiger partial charge in [0.05, 0.1) is 12.8 Å². The van der Waals surface area contributed by atoms with Gasteiger partial charge in [-0.15, -0.1) is 11.3 Å². The Balaban J connectivity index is 2.86. The molecule has 0 aliphatic heterocycles. The lowest BCUT2D eigenvalue weighted by Gasteiger charge is -2.22. The molecule has 0 fully saturated rings. The fourth-order valence-electron chi connectivity index (χ4n) is 1.29. The van der Waals surface area contributed by atoms with E-state index in [1.54, 1.807) is 0 Å². The maximum Gasteiger partial charge on any atom is 0.211 e. The van der Waals surface area contributed by atoms with E-state index in [-0.39, 0.29) is 6.04 Å². The smallest absolute Gasteiger partial charge is 0.211 e. The van der Waals surface area contributed by atoms with Crippen LogP contribution in [0.25, 0.3) is 0 Å². The van der Waals surface area contributed by atoms with E-state index in [2.05, 4.69) is 4.98 Å². The van der Waals surface area contributed by atoms with Crippen LogP contribution in [0.5, 0.6) is 0 Å². The lowest BCUT2D eigenvalue weighted by Crippen LogP contribution is -2.35. The number of nitrogens with zero attached hydrogens (tertiary/aromatic N) is 2. The minimum absolute atomic E-state index is 0.0378. The van der Waals surface area contributed by atoms with Crippen molar-refractivity contribution in [1.29, 1.82) is 0 Å². The molecule has 0 aromatic carbocycles. The standard InChI is InChI=1S/C9H16N2O2S2/c1-7(2)11(15(4,12)13)5-9-10-8(3)6-14-9/h6-7H,5H2,1-4H3. The maximum atomic E-state index is 11.5. The molecule has 0 N–H and O–H groups in total. The van der Waals surface area contributed by atoms with E-state index < -0.39 is 10.0 Å². The molecule has 4 nitrogen and oxygen atoms in total. The molecule has 86 valence electrons. The number of aryl methyl sites for hydroxylation is 1. The molecule has 0 saturated heterocycles. The lowest BCUT2D eigenvalue weighted by atomic mass is 10.4. The van der Waals surface area contributed by atoms with Crippen LogP contribution in [0.3, 0.4) is 0 Å². The molecule has 0 saturated carbocycles. The Morgan fingerprint density at radius 3 is 2.47 bits per heavy atom. The molecule has 6 heteroatoms. The Bertz CT molecular complexity index is 423. The van der Waals surface area contributed by atoms with Crippen molar-refractivity contribution in [2.24, 2.45) is 0 Å². The van der Waals surface area contributed by atoms with E-state index in [4.69, 9.17) is 0 Å². The van der Waals surface area contributed by atoms with Crippen molar-refractivity contribution in [3.05, 3.63) is 16.1 Å². The summed E-state index contributed by atoms with van der Waals surface area (Å²) in [6.07, 6.45) is 1.23. The van der Waals surface area contributed by atoms with Crippen LogP contribution in [0.15, 0.2) is 5.38 Å². The first-order valence-corrected chi connectivity index (χ1v) is 7.41.